The van der Waals surface area contributed by atoms with Gasteiger partial charge in [0.15, 0.2) is 0 Å². The molecule has 0 aromatic heterocycles. The number of hydrogen-bond donors (Lipinski definition) is 1. The molecule has 26 heavy (non-hydrogen) atoms. The summed E-state index contributed by atoms with van der Waals surface area (Å²) in [6.45, 7) is 8.06. The van der Waals surface area contributed by atoms with Gasteiger partial charge in [0.05, 0.1) is 11.6 Å². The van der Waals surface area contributed by atoms with Gasteiger partial charge in [-0.05, 0) is 68.9 Å². The molecule has 1 saturated carbocycles. The minimum absolute atomic E-state index is 0.0347. The number of aliphatic hydroxyl groups excluding tert-OH is 1. The van der Waals surface area contributed by atoms with Crippen molar-refractivity contribution in [1.82, 2.24) is 4.90 Å². The van der Waals surface area contributed by atoms with Crippen LogP contribution in [0.4, 0.5) is 5.69 Å². The number of anilines is 1. The zero-order chi connectivity index (χ0) is 18.1. The van der Waals surface area contributed by atoms with E-state index in [1.54, 1.807) is 0 Å². The van der Waals surface area contributed by atoms with Crippen molar-refractivity contribution in [2.24, 2.45) is 11.8 Å². The average Bonchev–Trinajstić information content (AvgIpc) is 2.99. The van der Waals surface area contributed by atoms with Gasteiger partial charge < -0.3 is 14.9 Å². The Labute approximate surface area is 159 Å². The normalized spacial score (nSPS) is 32.5. The SMILES string of the molecule is CC(C)C1CCC(N2CCC3(CC2)[C@@H](O)CCN3c2ccccc2)CC1. The summed E-state index contributed by atoms with van der Waals surface area (Å²) in [6, 6.07) is 11.5. The van der Waals surface area contributed by atoms with Gasteiger partial charge in [0.25, 0.3) is 0 Å². The Morgan fingerprint density at radius 1 is 0.923 bits per heavy atom. The van der Waals surface area contributed by atoms with Gasteiger partial charge >= 0.3 is 0 Å². The minimum atomic E-state index is -0.179. The van der Waals surface area contributed by atoms with Crippen molar-refractivity contribution >= 4 is 5.69 Å². The van der Waals surface area contributed by atoms with E-state index < -0.39 is 0 Å². The lowest BCUT2D eigenvalue weighted by Crippen LogP contribution is -2.59. The van der Waals surface area contributed by atoms with Gasteiger partial charge in [-0.2, -0.15) is 0 Å². The first-order valence-electron chi connectivity index (χ1n) is 10.8. The summed E-state index contributed by atoms with van der Waals surface area (Å²) in [5.41, 5.74) is 1.25. The van der Waals surface area contributed by atoms with E-state index in [2.05, 4.69) is 54.0 Å². The van der Waals surface area contributed by atoms with Crippen LogP contribution in [0, 0.1) is 11.8 Å². The molecule has 3 aliphatic rings. The highest BCUT2D eigenvalue weighted by Crippen LogP contribution is 2.43. The standard InChI is InChI=1S/C23H36N2O/c1-18(2)19-8-10-20(11-9-19)24-16-13-23(14-17-24)22(26)12-15-25(23)21-6-4-3-5-7-21/h3-7,18-20,22,26H,8-17H2,1-2H3/t19?,20?,22-/m0/s1. The van der Waals surface area contributed by atoms with Crippen LogP contribution in [-0.4, -0.2) is 47.3 Å². The molecule has 2 aliphatic heterocycles. The Morgan fingerprint density at radius 3 is 2.19 bits per heavy atom. The minimum Gasteiger partial charge on any atom is -0.391 e. The number of nitrogens with zero attached hydrogens (tertiary/aromatic N) is 2. The van der Waals surface area contributed by atoms with Gasteiger partial charge in [-0.25, -0.2) is 0 Å². The maximum Gasteiger partial charge on any atom is 0.0789 e. The van der Waals surface area contributed by atoms with Gasteiger partial charge in [-0.15, -0.1) is 0 Å². The second kappa shape index (κ2) is 7.52. The molecule has 2 saturated heterocycles. The molecule has 3 heteroatoms. The molecule has 1 spiro atoms. The van der Waals surface area contributed by atoms with Gasteiger partial charge in [0.2, 0.25) is 0 Å². The lowest BCUT2D eigenvalue weighted by atomic mass is 9.77. The first kappa shape index (κ1) is 18.3. The van der Waals surface area contributed by atoms with E-state index in [-0.39, 0.29) is 11.6 Å². The molecule has 1 aliphatic carbocycles. The van der Waals surface area contributed by atoms with Crippen LogP contribution < -0.4 is 4.90 Å². The van der Waals surface area contributed by atoms with Crippen molar-refractivity contribution in [2.75, 3.05) is 24.5 Å². The molecule has 0 unspecified atom stereocenters. The number of hydrogen-bond acceptors (Lipinski definition) is 3. The molecule has 0 amide bonds. The second-order valence-corrected chi connectivity index (χ2v) is 9.24. The molecule has 144 valence electrons. The van der Waals surface area contributed by atoms with Crippen LogP contribution in [0.1, 0.15) is 58.8 Å². The number of para-hydroxylation sites is 1. The quantitative estimate of drug-likeness (QED) is 0.874. The Bertz CT molecular complexity index is 571. The van der Waals surface area contributed by atoms with Crippen molar-refractivity contribution in [3.8, 4) is 0 Å². The predicted octanol–water partition coefficient (Wildman–Crippen LogP) is 4.31. The number of benzene rings is 1. The van der Waals surface area contributed by atoms with Gasteiger partial charge in [0, 0.05) is 31.4 Å². The van der Waals surface area contributed by atoms with Crippen LogP contribution in [0.2, 0.25) is 0 Å². The topological polar surface area (TPSA) is 26.7 Å². The summed E-state index contributed by atoms with van der Waals surface area (Å²) in [6.07, 6.45) is 8.50. The lowest BCUT2D eigenvalue weighted by molar-refractivity contribution is 0.0290. The highest BCUT2D eigenvalue weighted by atomic mass is 16.3. The third kappa shape index (κ3) is 3.29. The van der Waals surface area contributed by atoms with Crippen LogP contribution in [0.15, 0.2) is 30.3 Å². The van der Waals surface area contributed by atoms with Crippen LogP contribution in [0.5, 0.6) is 0 Å². The third-order valence-corrected chi connectivity index (χ3v) is 7.72. The Kier molecular flexibility index (Phi) is 5.29. The van der Waals surface area contributed by atoms with Crippen molar-refractivity contribution < 1.29 is 5.11 Å². The maximum absolute atomic E-state index is 10.9. The van der Waals surface area contributed by atoms with Crippen LogP contribution in [0.25, 0.3) is 0 Å². The molecule has 1 N–H and O–H groups in total. The molecule has 1 atom stereocenters. The summed E-state index contributed by atoms with van der Waals surface area (Å²) < 4.78 is 0. The molecular weight excluding hydrogens is 320 g/mol. The fraction of sp³-hybridized carbons (Fsp3) is 0.739. The van der Waals surface area contributed by atoms with Crippen LogP contribution in [0.3, 0.4) is 0 Å². The van der Waals surface area contributed by atoms with Crippen LogP contribution in [-0.2, 0) is 0 Å². The van der Waals surface area contributed by atoms with Crippen LogP contribution >= 0.6 is 0 Å². The van der Waals surface area contributed by atoms with E-state index in [4.69, 9.17) is 0 Å². The van der Waals surface area contributed by atoms with Crippen molar-refractivity contribution in [3.63, 3.8) is 0 Å². The zero-order valence-electron chi connectivity index (χ0n) is 16.6. The Hall–Kier alpha value is -1.06. The van der Waals surface area contributed by atoms with Gasteiger partial charge in [-0.1, -0.05) is 32.0 Å². The first-order valence-corrected chi connectivity index (χ1v) is 10.8. The van der Waals surface area contributed by atoms with E-state index in [0.717, 1.165) is 56.8 Å². The highest BCUT2D eigenvalue weighted by molar-refractivity contribution is 5.51. The highest BCUT2D eigenvalue weighted by Gasteiger charge is 2.50. The molecule has 0 bridgehead atoms. The molecule has 1 aromatic carbocycles. The van der Waals surface area contributed by atoms with E-state index in [9.17, 15) is 5.11 Å². The molecule has 4 rings (SSSR count). The summed E-state index contributed by atoms with van der Waals surface area (Å²) in [4.78, 5) is 5.26. The molecular formula is C23H36N2O. The van der Waals surface area contributed by atoms with Crippen molar-refractivity contribution in [2.45, 2.75) is 76.5 Å². The summed E-state index contributed by atoms with van der Waals surface area (Å²) in [7, 11) is 0. The Balaban J connectivity index is 1.40. The first-order chi connectivity index (χ1) is 12.6. The predicted molar refractivity (Wildman–Crippen MR) is 109 cm³/mol. The summed E-state index contributed by atoms with van der Waals surface area (Å²) >= 11 is 0. The number of likely N-dealkylation sites (tertiary alicyclic amines) is 1. The molecule has 1 aromatic rings. The van der Waals surface area contributed by atoms with Crippen molar-refractivity contribution in [3.05, 3.63) is 30.3 Å². The number of piperidine rings is 1. The molecule has 3 nitrogen and oxygen atoms in total. The molecule has 3 fully saturated rings. The third-order valence-electron chi connectivity index (χ3n) is 7.72. The smallest absolute Gasteiger partial charge is 0.0789 e. The number of rotatable bonds is 3. The number of aliphatic hydroxyl groups is 1. The summed E-state index contributed by atoms with van der Waals surface area (Å²) in [5, 5.41) is 10.9. The van der Waals surface area contributed by atoms with E-state index in [1.807, 2.05) is 0 Å². The monoisotopic (exact) mass is 356 g/mol. The maximum atomic E-state index is 10.9. The second-order valence-electron chi connectivity index (χ2n) is 9.24. The lowest BCUT2D eigenvalue weighted by Gasteiger charge is -2.50. The Morgan fingerprint density at radius 2 is 1.58 bits per heavy atom. The van der Waals surface area contributed by atoms with Gasteiger partial charge in [0.1, 0.15) is 0 Å². The fourth-order valence-electron chi connectivity index (χ4n) is 5.93. The largest absolute Gasteiger partial charge is 0.391 e. The van der Waals surface area contributed by atoms with E-state index in [0.29, 0.717) is 0 Å². The summed E-state index contributed by atoms with van der Waals surface area (Å²) in [5.74, 6) is 1.78. The fourth-order valence-corrected chi connectivity index (χ4v) is 5.93. The van der Waals surface area contributed by atoms with Crippen molar-refractivity contribution in [1.29, 1.82) is 0 Å². The van der Waals surface area contributed by atoms with E-state index in [1.165, 1.54) is 31.4 Å². The van der Waals surface area contributed by atoms with Gasteiger partial charge in [-0.3, -0.25) is 0 Å². The molecule has 2 heterocycles. The zero-order valence-corrected chi connectivity index (χ0v) is 16.6. The molecule has 0 radical (unpaired) electrons. The average molecular weight is 357 g/mol. The van der Waals surface area contributed by atoms with E-state index >= 15 is 0 Å².